The number of rotatable bonds is 5. The molecule has 0 rings (SSSR count). The van der Waals surface area contributed by atoms with E-state index in [-0.39, 0.29) is 0 Å². The van der Waals surface area contributed by atoms with Gasteiger partial charge in [0.25, 0.3) is 0 Å². The molecule has 0 heterocycles. The summed E-state index contributed by atoms with van der Waals surface area (Å²) in [6.45, 7) is 11.5. The van der Waals surface area contributed by atoms with Crippen LogP contribution in [0.5, 0.6) is 0 Å². The molecule has 0 N–H and O–H groups in total. The van der Waals surface area contributed by atoms with E-state index in [0.29, 0.717) is 5.41 Å². The number of hydrogen-bond donors (Lipinski definition) is 0. The minimum Gasteiger partial charge on any atom is -0.0888 e. The average molecular weight is 168 g/mol. The molecule has 0 aromatic rings. The summed E-state index contributed by atoms with van der Waals surface area (Å²) in [4.78, 5) is 0. The predicted octanol–water partition coefficient (Wildman–Crippen LogP) is 4.42. The molecule has 0 aliphatic heterocycles. The molecule has 1 unspecified atom stereocenters. The molecule has 0 fully saturated rings. The Labute approximate surface area is 78.1 Å². The molecule has 0 spiro atoms. The maximum atomic E-state index is 2.39. The molecule has 0 aliphatic carbocycles. The van der Waals surface area contributed by atoms with Gasteiger partial charge >= 0.3 is 0 Å². The van der Waals surface area contributed by atoms with Crippen LogP contribution in [0.1, 0.15) is 53.9 Å². The first kappa shape index (κ1) is 11.7. The van der Waals surface area contributed by atoms with Crippen LogP contribution in [0, 0.1) is 11.3 Å². The van der Waals surface area contributed by atoms with Crippen LogP contribution in [-0.4, -0.2) is 0 Å². The van der Waals surface area contributed by atoms with Gasteiger partial charge in [-0.25, -0.2) is 0 Å². The molecule has 72 valence electrons. The van der Waals surface area contributed by atoms with Gasteiger partial charge < -0.3 is 0 Å². The van der Waals surface area contributed by atoms with Crippen molar-refractivity contribution in [2.24, 2.45) is 11.3 Å². The fourth-order valence-corrected chi connectivity index (χ4v) is 1.31. The summed E-state index contributed by atoms with van der Waals surface area (Å²) in [6, 6.07) is 0. The SMILES string of the molecule is CCC=CCC(C)(CC)C(C)C. The van der Waals surface area contributed by atoms with E-state index < -0.39 is 0 Å². The van der Waals surface area contributed by atoms with Gasteiger partial charge in [0.15, 0.2) is 0 Å². The van der Waals surface area contributed by atoms with Crippen LogP contribution in [0.25, 0.3) is 0 Å². The predicted molar refractivity (Wildman–Crippen MR) is 57.3 cm³/mol. The van der Waals surface area contributed by atoms with E-state index in [1.807, 2.05) is 0 Å². The normalized spacial score (nSPS) is 17.2. The number of allylic oxidation sites excluding steroid dienone is 2. The second-order valence-electron chi connectivity index (χ2n) is 4.25. The Morgan fingerprint density at radius 1 is 1.17 bits per heavy atom. The Morgan fingerprint density at radius 3 is 2.08 bits per heavy atom. The Bertz CT molecular complexity index is 133. The van der Waals surface area contributed by atoms with E-state index in [2.05, 4.69) is 46.8 Å². The number of hydrogen-bond acceptors (Lipinski definition) is 0. The van der Waals surface area contributed by atoms with E-state index in [9.17, 15) is 0 Å². The van der Waals surface area contributed by atoms with Gasteiger partial charge in [0.05, 0.1) is 0 Å². The Morgan fingerprint density at radius 2 is 1.75 bits per heavy atom. The molecule has 0 saturated heterocycles. The molecule has 1 atom stereocenters. The summed E-state index contributed by atoms with van der Waals surface area (Å²) in [5.41, 5.74) is 0.506. The second-order valence-corrected chi connectivity index (χ2v) is 4.25. The minimum atomic E-state index is 0.506. The maximum absolute atomic E-state index is 2.39. The molecule has 0 nitrogen and oxygen atoms in total. The molecule has 0 heteroatoms. The van der Waals surface area contributed by atoms with Crippen molar-refractivity contribution in [1.29, 1.82) is 0 Å². The van der Waals surface area contributed by atoms with Crippen LogP contribution >= 0.6 is 0 Å². The second kappa shape index (κ2) is 5.40. The lowest BCUT2D eigenvalue weighted by Crippen LogP contribution is -2.21. The summed E-state index contributed by atoms with van der Waals surface area (Å²) in [7, 11) is 0. The summed E-state index contributed by atoms with van der Waals surface area (Å²) in [6.07, 6.45) is 8.28. The zero-order valence-electron chi connectivity index (χ0n) is 9.35. The third kappa shape index (κ3) is 3.42. The highest BCUT2D eigenvalue weighted by atomic mass is 14.3. The van der Waals surface area contributed by atoms with Crippen molar-refractivity contribution in [3.8, 4) is 0 Å². The van der Waals surface area contributed by atoms with Gasteiger partial charge in [-0.15, -0.1) is 0 Å². The van der Waals surface area contributed by atoms with Crippen molar-refractivity contribution < 1.29 is 0 Å². The highest BCUT2D eigenvalue weighted by Gasteiger charge is 2.24. The monoisotopic (exact) mass is 168 g/mol. The van der Waals surface area contributed by atoms with Crippen LogP contribution in [0.15, 0.2) is 12.2 Å². The maximum Gasteiger partial charge on any atom is -0.0271 e. The summed E-state index contributed by atoms with van der Waals surface area (Å²) < 4.78 is 0. The topological polar surface area (TPSA) is 0 Å². The smallest absolute Gasteiger partial charge is 0.0271 e. The molecule has 0 aliphatic rings. The van der Waals surface area contributed by atoms with Crippen LogP contribution < -0.4 is 0 Å². The Hall–Kier alpha value is -0.260. The first-order valence-electron chi connectivity index (χ1n) is 5.21. The Kier molecular flexibility index (Phi) is 5.28. The molecule has 0 radical (unpaired) electrons. The van der Waals surface area contributed by atoms with Crippen LogP contribution in [0.2, 0.25) is 0 Å². The lowest BCUT2D eigenvalue weighted by Gasteiger charge is -2.31. The van der Waals surface area contributed by atoms with Gasteiger partial charge in [-0.05, 0) is 24.2 Å². The third-order valence-corrected chi connectivity index (χ3v) is 3.19. The molecule has 0 saturated carbocycles. The summed E-state index contributed by atoms with van der Waals surface area (Å²) >= 11 is 0. The third-order valence-electron chi connectivity index (χ3n) is 3.19. The van der Waals surface area contributed by atoms with Crippen molar-refractivity contribution in [2.45, 2.75) is 53.9 Å². The highest BCUT2D eigenvalue weighted by molar-refractivity contribution is 4.89. The lowest BCUT2D eigenvalue weighted by molar-refractivity contribution is 0.212. The molecule has 0 aromatic heterocycles. The quantitative estimate of drug-likeness (QED) is 0.533. The van der Waals surface area contributed by atoms with Gasteiger partial charge in [-0.1, -0.05) is 53.2 Å². The fraction of sp³-hybridized carbons (Fsp3) is 0.833. The van der Waals surface area contributed by atoms with Crippen molar-refractivity contribution >= 4 is 0 Å². The minimum absolute atomic E-state index is 0.506. The van der Waals surface area contributed by atoms with Crippen molar-refractivity contribution in [3.63, 3.8) is 0 Å². The van der Waals surface area contributed by atoms with Gasteiger partial charge in [-0.3, -0.25) is 0 Å². The van der Waals surface area contributed by atoms with Crippen molar-refractivity contribution in [2.75, 3.05) is 0 Å². The fourth-order valence-electron chi connectivity index (χ4n) is 1.31. The van der Waals surface area contributed by atoms with Gasteiger partial charge in [0, 0.05) is 0 Å². The molecular formula is C12H24. The Balaban J connectivity index is 4.05. The molecule has 0 amide bonds. The molecule has 0 bridgehead atoms. The van der Waals surface area contributed by atoms with E-state index in [0.717, 1.165) is 12.3 Å². The highest BCUT2D eigenvalue weighted by Crippen LogP contribution is 2.34. The van der Waals surface area contributed by atoms with Crippen LogP contribution in [0.4, 0.5) is 0 Å². The lowest BCUT2D eigenvalue weighted by atomic mass is 9.74. The van der Waals surface area contributed by atoms with Gasteiger partial charge in [0.1, 0.15) is 0 Å². The van der Waals surface area contributed by atoms with Crippen LogP contribution in [-0.2, 0) is 0 Å². The van der Waals surface area contributed by atoms with E-state index in [1.165, 1.54) is 12.8 Å². The first-order valence-corrected chi connectivity index (χ1v) is 5.21. The molecule has 12 heavy (non-hydrogen) atoms. The zero-order chi connectivity index (χ0) is 9.61. The zero-order valence-corrected chi connectivity index (χ0v) is 9.35. The van der Waals surface area contributed by atoms with Gasteiger partial charge in [0.2, 0.25) is 0 Å². The summed E-state index contributed by atoms with van der Waals surface area (Å²) in [5, 5.41) is 0. The van der Waals surface area contributed by atoms with E-state index in [1.54, 1.807) is 0 Å². The standard InChI is InChI=1S/C12H24/c1-6-8-9-10-12(5,7-2)11(3)4/h8-9,11H,6-7,10H2,1-5H3. The van der Waals surface area contributed by atoms with Crippen LogP contribution in [0.3, 0.4) is 0 Å². The van der Waals surface area contributed by atoms with E-state index in [4.69, 9.17) is 0 Å². The van der Waals surface area contributed by atoms with Crippen molar-refractivity contribution in [3.05, 3.63) is 12.2 Å². The van der Waals surface area contributed by atoms with Gasteiger partial charge in [-0.2, -0.15) is 0 Å². The first-order chi connectivity index (χ1) is 5.56. The summed E-state index contributed by atoms with van der Waals surface area (Å²) in [5.74, 6) is 0.781. The largest absolute Gasteiger partial charge is 0.0888 e. The van der Waals surface area contributed by atoms with Crippen molar-refractivity contribution in [1.82, 2.24) is 0 Å². The average Bonchev–Trinajstić information content (AvgIpc) is 2.04. The molecular weight excluding hydrogens is 144 g/mol. The molecule has 0 aromatic carbocycles. The van der Waals surface area contributed by atoms with E-state index >= 15 is 0 Å².